The summed E-state index contributed by atoms with van der Waals surface area (Å²) >= 11 is 6.43. The minimum atomic E-state index is -5.08. The lowest BCUT2D eigenvalue weighted by atomic mass is 9.98. The van der Waals surface area contributed by atoms with E-state index in [0.717, 1.165) is 18.4 Å². The summed E-state index contributed by atoms with van der Waals surface area (Å²) in [5, 5.41) is 11.4. The topological polar surface area (TPSA) is 140 Å². The normalized spacial score (nSPS) is 13.2. The van der Waals surface area contributed by atoms with Crippen molar-refractivity contribution in [3.05, 3.63) is 63.4 Å². The van der Waals surface area contributed by atoms with Gasteiger partial charge in [-0.1, -0.05) is 29.8 Å². The molecule has 1 heterocycles. The smallest absolute Gasteiger partial charge is 0.475 e. The van der Waals surface area contributed by atoms with Crippen LogP contribution in [0.2, 0.25) is 5.02 Å². The van der Waals surface area contributed by atoms with Crippen LogP contribution < -0.4 is 22.2 Å². The fourth-order valence-corrected chi connectivity index (χ4v) is 3.72. The Bertz CT molecular complexity index is 1340. The summed E-state index contributed by atoms with van der Waals surface area (Å²) in [6.45, 7) is 0.999. The van der Waals surface area contributed by atoms with E-state index in [1.807, 2.05) is 12.3 Å². The van der Waals surface area contributed by atoms with E-state index in [-0.39, 0.29) is 5.43 Å². The number of amides is 1. The number of benzene rings is 2. The van der Waals surface area contributed by atoms with Crippen LogP contribution in [0.25, 0.3) is 22.0 Å². The number of nitrogens with one attached hydrogen (secondary N) is 1. The first-order valence-corrected chi connectivity index (χ1v) is 10.8. The fraction of sp³-hybridized carbons (Fsp3) is 0.261. The van der Waals surface area contributed by atoms with Crippen LogP contribution in [0.15, 0.2) is 47.4 Å². The first kappa shape index (κ1) is 26.0. The predicted molar refractivity (Wildman–Crippen MR) is 127 cm³/mol. The van der Waals surface area contributed by atoms with Crippen molar-refractivity contribution in [1.82, 2.24) is 4.57 Å². The quantitative estimate of drug-likeness (QED) is 0.398. The van der Waals surface area contributed by atoms with Gasteiger partial charge >= 0.3 is 12.1 Å². The molecule has 1 amide bonds. The number of nitrogens with zero attached hydrogens (tertiary/aromatic N) is 1. The molecule has 4 rings (SSSR count). The zero-order valence-corrected chi connectivity index (χ0v) is 19.0. The first-order valence-electron chi connectivity index (χ1n) is 10.5. The highest BCUT2D eigenvalue weighted by molar-refractivity contribution is 6.34. The molecule has 2 aromatic carbocycles. The average molecular weight is 511 g/mol. The van der Waals surface area contributed by atoms with Crippen LogP contribution in [0, 0.1) is 0 Å². The second kappa shape index (κ2) is 10.4. The van der Waals surface area contributed by atoms with Crippen LogP contribution in [0.3, 0.4) is 0 Å². The number of carbonyl (C=O) groups is 2. The SMILES string of the molecule is NCCNc1cc2c(=O)c(-c3ccccc3C(N)=O)cn(C3CC3)c2cc1Cl.O=C(O)C(F)(F)F. The molecule has 6 N–H and O–H groups in total. The predicted octanol–water partition coefficient (Wildman–Crippen LogP) is 3.76. The Morgan fingerprint density at radius 3 is 2.34 bits per heavy atom. The molecule has 0 unspecified atom stereocenters. The Hall–Kier alpha value is -3.57. The number of fused-ring (bicyclic) bond motifs is 1. The molecule has 3 aromatic rings. The van der Waals surface area contributed by atoms with Gasteiger partial charge < -0.3 is 26.5 Å². The Morgan fingerprint density at radius 1 is 1.17 bits per heavy atom. The van der Waals surface area contributed by atoms with Crippen LogP contribution >= 0.6 is 11.6 Å². The van der Waals surface area contributed by atoms with Crippen molar-refractivity contribution >= 4 is 40.1 Å². The third-order valence-electron chi connectivity index (χ3n) is 5.25. The number of alkyl halides is 3. The van der Waals surface area contributed by atoms with Crippen LogP contribution in [0.1, 0.15) is 29.2 Å². The van der Waals surface area contributed by atoms with Crippen molar-refractivity contribution < 1.29 is 27.9 Å². The first-order chi connectivity index (χ1) is 16.5. The van der Waals surface area contributed by atoms with E-state index >= 15 is 0 Å². The number of rotatable bonds is 6. The molecule has 0 radical (unpaired) electrons. The van der Waals surface area contributed by atoms with Crippen molar-refractivity contribution in [2.45, 2.75) is 25.1 Å². The number of halogens is 4. The highest BCUT2D eigenvalue weighted by atomic mass is 35.5. The lowest BCUT2D eigenvalue weighted by Crippen LogP contribution is -2.21. The molecular weight excluding hydrogens is 489 g/mol. The summed E-state index contributed by atoms with van der Waals surface area (Å²) in [7, 11) is 0. The molecule has 0 bridgehead atoms. The van der Waals surface area contributed by atoms with Crippen LogP contribution in [0.4, 0.5) is 18.9 Å². The van der Waals surface area contributed by atoms with Gasteiger partial charge in [-0.3, -0.25) is 9.59 Å². The molecule has 0 atom stereocenters. The third kappa shape index (κ3) is 5.92. The number of anilines is 1. The molecule has 186 valence electrons. The maximum absolute atomic E-state index is 13.4. The van der Waals surface area contributed by atoms with E-state index in [1.165, 1.54) is 0 Å². The van der Waals surface area contributed by atoms with Crippen molar-refractivity contribution in [2.75, 3.05) is 18.4 Å². The molecule has 35 heavy (non-hydrogen) atoms. The van der Waals surface area contributed by atoms with Gasteiger partial charge in [0, 0.05) is 41.8 Å². The second-order valence-electron chi connectivity index (χ2n) is 7.79. The number of carboxylic acids is 1. The van der Waals surface area contributed by atoms with E-state index in [2.05, 4.69) is 9.88 Å². The zero-order chi connectivity index (χ0) is 25.9. The highest BCUT2D eigenvalue weighted by Crippen LogP contribution is 2.39. The fourth-order valence-electron chi connectivity index (χ4n) is 3.49. The van der Waals surface area contributed by atoms with Crippen molar-refractivity contribution in [3.63, 3.8) is 0 Å². The summed E-state index contributed by atoms with van der Waals surface area (Å²) in [6, 6.07) is 10.8. The van der Waals surface area contributed by atoms with E-state index in [0.29, 0.717) is 51.9 Å². The van der Waals surface area contributed by atoms with Gasteiger partial charge in [0.15, 0.2) is 5.43 Å². The maximum atomic E-state index is 13.4. The molecular formula is C23H22ClF3N4O4. The molecule has 12 heteroatoms. The number of pyridine rings is 1. The van der Waals surface area contributed by atoms with Crippen LogP contribution in [-0.2, 0) is 4.79 Å². The standard InChI is InChI=1S/C21H21ClN4O2.C2HF3O2/c22-17-10-19-15(9-18(17)25-8-7-23)20(27)16(11-26(19)12-5-6-12)13-3-1-2-4-14(13)21(24)28;3-2(4,5)1(6)7/h1-4,9-12,25H,5-8,23H2,(H2,24,28);(H,6,7). The van der Waals surface area contributed by atoms with E-state index in [4.69, 9.17) is 33.0 Å². The number of nitrogens with two attached hydrogens (primary N) is 2. The summed E-state index contributed by atoms with van der Waals surface area (Å²) < 4.78 is 33.8. The molecule has 0 saturated heterocycles. The number of hydrogen-bond donors (Lipinski definition) is 4. The van der Waals surface area contributed by atoms with E-state index < -0.39 is 18.1 Å². The lowest BCUT2D eigenvalue weighted by molar-refractivity contribution is -0.192. The van der Waals surface area contributed by atoms with Gasteiger partial charge in [-0.05, 0) is 36.6 Å². The molecule has 1 saturated carbocycles. The number of carboxylic acid groups (broad SMARTS) is 1. The molecule has 1 aliphatic rings. The molecule has 1 aromatic heterocycles. The molecule has 8 nitrogen and oxygen atoms in total. The number of aliphatic carboxylic acids is 1. The van der Waals surface area contributed by atoms with Crippen molar-refractivity contribution in [1.29, 1.82) is 0 Å². The van der Waals surface area contributed by atoms with Crippen LogP contribution in [0.5, 0.6) is 0 Å². The maximum Gasteiger partial charge on any atom is 0.490 e. The van der Waals surface area contributed by atoms with Gasteiger partial charge in [0.25, 0.3) is 0 Å². The lowest BCUT2D eigenvalue weighted by Gasteiger charge is -2.16. The van der Waals surface area contributed by atoms with Gasteiger partial charge in [0.05, 0.1) is 16.2 Å². The number of primary amides is 1. The Balaban J connectivity index is 0.000000429. The number of hydrogen-bond acceptors (Lipinski definition) is 5. The van der Waals surface area contributed by atoms with Gasteiger partial charge in [0.2, 0.25) is 5.91 Å². The Morgan fingerprint density at radius 2 is 1.80 bits per heavy atom. The number of aromatic nitrogens is 1. The van der Waals surface area contributed by atoms with Gasteiger partial charge in [0.1, 0.15) is 0 Å². The molecule has 0 aliphatic heterocycles. The Labute approximate surface area is 202 Å². The monoisotopic (exact) mass is 510 g/mol. The van der Waals surface area contributed by atoms with Gasteiger partial charge in [-0.15, -0.1) is 0 Å². The minimum absolute atomic E-state index is 0.159. The van der Waals surface area contributed by atoms with Crippen LogP contribution in [-0.4, -0.2) is 40.8 Å². The Kier molecular flexibility index (Phi) is 7.71. The summed E-state index contributed by atoms with van der Waals surface area (Å²) in [4.78, 5) is 34.2. The zero-order valence-electron chi connectivity index (χ0n) is 18.2. The summed E-state index contributed by atoms with van der Waals surface area (Å²) in [6.07, 6.45) is -1.17. The highest BCUT2D eigenvalue weighted by Gasteiger charge is 2.38. The minimum Gasteiger partial charge on any atom is -0.475 e. The van der Waals surface area contributed by atoms with E-state index in [9.17, 15) is 22.8 Å². The largest absolute Gasteiger partial charge is 0.490 e. The van der Waals surface area contributed by atoms with Crippen molar-refractivity contribution in [2.24, 2.45) is 11.5 Å². The summed E-state index contributed by atoms with van der Waals surface area (Å²) in [5.74, 6) is -3.32. The third-order valence-corrected chi connectivity index (χ3v) is 5.56. The summed E-state index contributed by atoms with van der Waals surface area (Å²) in [5.41, 5.74) is 13.7. The van der Waals surface area contributed by atoms with Gasteiger partial charge in [-0.25, -0.2) is 4.79 Å². The van der Waals surface area contributed by atoms with Gasteiger partial charge in [-0.2, -0.15) is 13.2 Å². The second-order valence-corrected chi connectivity index (χ2v) is 8.19. The number of carbonyl (C=O) groups excluding carboxylic acids is 1. The van der Waals surface area contributed by atoms with Crippen molar-refractivity contribution in [3.8, 4) is 11.1 Å². The molecule has 1 aliphatic carbocycles. The molecule has 0 spiro atoms. The van der Waals surface area contributed by atoms with E-state index in [1.54, 1.807) is 30.3 Å². The average Bonchev–Trinajstić information content (AvgIpc) is 3.63. The molecule has 1 fully saturated rings.